The number of furan rings is 1. The minimum Gasteiger partial charge on any atom is -0.461 e. The van der Waals surface area contributed by atoms with Gasteiger partial charge >= 0.3 is 0 Å². The Hall–Kier alpha value is -1.79. The minimum absolute atomic E-state index is 0.0743. The second kappa shape index (κ2) is 3.52. The second-order valence-electron chi connectivity index (χ2n) is 3.05. The van der Waals surface area contributed by atoms with Crippen LogP contribution < -0.4 is 0 Å². The fraction of sp³-hybridized carbons (Fsp3) is 0.182. The maximum atomic E-state index is 8.73. The van der Waals surface area contributed by atoms with E-state index >= 15 is 0 Å². The van der Waals surface area contributed by atoms with Crippen molar-refractivity contribution in [2.24, 2.45) is 0 Å². The topological polar surface area (TPSA) is 57.2 Å². The van der Waals surface area contributed by atoms with E-state index in [4.69, 9.17) is 14.8 Å². The van der Waals surface area contributed by atoms with E-state index in [9.17, 15) is 0 Å². The Kier molecular flexibility index (Phi) is 2.21. The first kappa shape index (κ1) is 8.79. The molecule has 1 heterocycles. The smallest absolute Gasteiger partial charge is 0.134 e. The number of rotatable bonds is 2. The van der Waals surface area contributed by atoms with Gasteiger partial charge in [0.2, 0.25) is 0 Å². The summed E-state index contributed by atoms with van der Waals surface area (Å²) >= 11 is 0. The van der Waals surface area contributed by atoms with E-state index in [1.165, 1.54) is 0 Å². The van der Waals surface area contributed by atoms with Crippen LogP contribution in [0.4, 0.5) is 0 Å². The third kappa shape index (κ3) is 1.48. The molecule has 0 aliphatic heterocycles. The van der Waals surface area contributed by atoms with E-state index in [-0.39, 0.29) is 6.61 Å². The first-order valence-electron chi connectivity index (χ1n) is 4.37. The Morgan fingerprint density at radius 1 is 1.36 bits per heavy atom. The number of nitriles is 1. The summed E-state index contributed by atoms with van der Waals surface area (Å²) < 4.78 is 5.44. The molecule has 0 aliphatic rings. The Balaban J connectivity index is 2.50. The molecule has 3 nitrogen and oxygen atoms in total. The van der Waals surface area contributed by atoms with Gasteiger partial charge in [0.15, 0.2) is 0 Å². The SMILES string of the molecule is N#Cc1ccc2oc(CCO)cc2c1. The van der Waals surface area contributed by atoms with Crippen LogP contribution in [0.15, 0.2) is 28.7 Å². The van der Waals surface area contributed by atoms with Gasteiger partial charge in [0, 0.05) is 11.8 Å². The summed E-state index contributed by atoms with van der Waals surface area (Å²) in [7, 11) is 0. The van der Waals surface area contributed by atoms with Gasteiger partial charge in [-0.1, -0.05) is 0 Å². The Bertz CT molecular complexity index is 493. The molecule has 0 bridgehead atoms. The van der Waals surface area contributed by atoms with Crippen molar-refractivity contribution in [2.45, 2.75) is 6.42 Å². The van der Waals surface area contributed by atoms with Crippen LogP contribution >= 0.6 is 0 Å². The van der Waals surface area contributed by atoms with Crippen molar-refractivity contribution in [3.05, 3.63) is 35.6 Å². The van der Waals surface area contributed by atoms with E-state index in [0.29, 0.717) is 12.0 Å². The summed E-state index contributed by atoms with van der Waals surface area (Å²) in [6.45, 7) is 0.0743. The number of aliphatic hydroxyl groups excluding tert-OH is 1. The molecule has 0 saturated heterocycles. The highest BCUT2D eigenvalue weighted by Gasteiger charge is 2.03. The van der Waals surface area contributed by atoms with Crippen molar-refractivity contribution in [2.75, 3.05) is 6.61 Å². The Labute approximate surface area is 81.2 Å². The van der Waals surface area contributed by atoms with Crippen molar-refractivity contribution >= 4 is 11.0 Å². The standard InChI is InChI=1S/C11H9NO2/c12-7-8-1-2-11-9(5-8)6-10(14-11)3-4-13/h1-2,5-6,13H,3-4H2. The summed E-state index contributed by atoms with van der Waals surface area (Å²) in [5.74, 6) is 0.748. The highest BCUT2D eigenvalue weighted by atomic mass is 16.3. The molecule has 0 aliphatic carbocycles. The zero-order valence-electron chi connectivity index (χ0n) is 7.53. The molecule has 0 saturated carbocycles. The molecule has 70 valence electrons. The maximum Gasteiger partial charge on any atom is 0.134 e. The van der Waals surface area contributed by atoms with Crippen molar-refractivity contribution < 1.29 is 9.52 Å². The molecule has 2 aromatic rings. The monoisotopic (exact) mass is 187 g/mol. The molecule has 1 aromatic carbocycles. The normalized spacial score (nSPS) is 10.3. The van der Waals surface area contributed by atoms with Crippen molar-refractivity contribution in [1.29, 1.82) is 5.26 Å². The van der Waals surface area contributed by atoms with Crippen LogP contribution in [0, 0.1) is 11.3 Å². The van der Waals surface area contributed by atoms with Gasteiger partial charge in [-0.2, -0.15) is 5.26 Å². The predicted molar refractivity (Wildman–Crippen MR) is 51.7 cm³/mol. The molecule has 0 unspecified atom stereocenters. The van der Waals surface area contributed by atoms with Gasteiger partial charge in [-0.25, -0.2) is 0 Å². The summed E-state index contributed by atoms with van der Waals surface area (Å²) in [5.41, 5.74) is 1.38. The van der Waals surface area contributed by atoms with E-state index in [2.05, 4.69) is 6.07 Å². The lowest BCUT2D eigenvalue weighted by Gasteiger charge is -1.88. The van der Waals surface area contributed by atoms with Crippen LogP contribution in [0.2, 0.25) is 0 Å². The molecule has 2 rings (SSSR count). The summed E-state index contributed by atoms with van der Waals surface area (Å²) in [6, 6.07) is 9.19. The van der Waals surface area contributed by atoms with Crippen LogP contribution in [0.5, 0.6) is 0 Å². The predicted octanol–water partition coefficient (Wildman–Crippen LogP) is 1.84. The van der Waals surface area contributed by atoms with Crippen molar-refractivity contribution in [3.63, 3.8) is 0 Å². The molecule has 0 atom stereocenters. The van der Waals surface area contributed by atoms with Crippen LogP contribution in [-0.4, -0.2) is 11.7 Å². The molecule has 14 heavy (non-hydrogen) atoms. The van der Waals surface area contributed by atoms with Crippen LogP contribution in [0.25, 0.3) is 11.0 Å². The highest BCUT2D eigenvalue weighted by Crippen LogP contribution is 2.20. The first-order chi connectivity index (χ1) is 6.83. The maximum absolute atomic E-state index is 8.73. The molecular weight excluding hydrogens is 178 g/mol. The van der Waals surface area contributed by atoms with Crippen LogP contribution in [0.1, 0.15) is 11.3 Å². The Morgan fingerprint density at radius 2 is 2.21 bits per heavy atom. The molecule has 0 spiro atoms. The van der Waals surface area contributed by atoms with Gasteiger partial charge in [-0.05, 0) is 24.3 Å². The van der Waals surface area contributed by atoms with E-state index in [1.54, 1.807) is 18.2 Å². The molecule has 1 N–H and O–H groups in total. The lowest BCUT2D eigenvalue weighted by Crippen LogP contribution is -1.85. The van der Waals surface area contributed by atoms with Crippen LogP contribution in [0.3, 0.4) is 0 Å². The molecule has 1 aromatic heterocycles. The number of benzene rings is 1. The molecule has 0 amide bonds. The lowest BCUT2D eigenvalue weighted by atomic mass is 10.2. The van der Waals surface area contributed by atoms with E-state index in [0.717, 1.165) is 16.7 Å². The number of aliphatic hydroxyl groups is 1. The van der Waals surface area contributed by atoms with E-state index in [1.807, 2.05) is 6.07 Å². The number of hydrogen-bond donors (Lipinski definition) is 1. The van der Waals surface area contributed by atoms with Gasteiger partial charge in [0.25, 0.3) is 0 Å². The number of fused-ring (bicyclic) bond motifs is 1. The van der Waals surface area contributed by atoms with Gasteiger partial charge in [-0.15, -0.1) is 0 Å². The quantitative estimate of drug-likeness (QED) is 0.780. The lowest BCUT2D eigenvalue weighted by molar-refractivity contribution is 0.289. The third-order valence-electron chi connectivity index (χ3n) is 2.05. The van der Waals surface area contributed by atoms with Crippen molar-refractivity contribution in [1.82, 2.24) is 0 Å². The Morgan fingerprint density at radius 3 is 2.93 bits per heavy atom. The third-order valence-corrected chi connectivity index (χ3v) is 2.05. The zero-order valence-corrected chi connectivity index (χ0v) is 7.53. The summed E-state index contributed by atoms with van der Waals surface area (Å²) in [5, 5.41) is 18.3. The van der Waals surface area contributed by atoms with Gasteiger partial charge in [0.1, 0.15) is 11.3 Å². The number of nitrogens with zero attached hydrogens (tertiary/aromatic N) is 1. The number of hydrogen-bond acceptors (Lipinski definition) is 3. The largest absolute Gasteiger partial charge is 0.461 e. The molecule has 3 heteroatoms. The fourth-order valence-corrected chi connectivity index (χ4v) is 1.40. The second-order valence-corrected chi connectivity index (χ2v) is 3.05. The van der Waals surface area contributed by atoms with Gasteiger partial charge < -0.3 is 9.52 Å². The van der Waals surface area contributed by atoms with E-state index < -0.39 is 0 Å². The zero-order chi connectivity index (χ0) is 9.97. The summed E-state index contributed by atoms with van der Waals surface area (Å²) in [4.78, 5) is 0. The molecular formula is C11H9NO2. The average molecular weight is 187 g/mol. The van der Waals surface area contributed by atoms with Crippen LogP contribution in [-0.2, 0) is 6.42 Å². The molecule has 0 fully saturated rings. The van der Waals surface area contributed by atoms with Crippen molar-refractivity contribution in [3.8, 4) is 6.07 Å². The average Bonchev–Trinajstić information content (AvgIpc) is 2.59. The minimum atomic E-state index is 0.0743. The first-order valence-corrected chi connectivity index (χ1v) is 4.37. The van der Waals surface area contributed by atoms with Gasteiger partial charge in [-0.3, -0.25) is 0 Å². The highest BCUT2D eigenvalue weighted by molar-refractivity contribution is 5.79. The summed E-state index contributed by atoms with van der Waals surface area (Å²) in [6.07, 6.45) is 0.510. The molecule has 0 radical (unpaired) electrons. The fourth-order valence-electron chi connectivity index (χ4n) is 1.40. The van der Waals surface area contributed by atoms with Gasteiger partial charge in [0.05, 0.1) is 18.2 Å².